The topological polar surface area (TPSA) is 55.1 Å². The molecule has 17 heavy (non-hydrogen) atoms. The molecule has 3 heteroatoms. The molecule has 0 aliphatic heterocycles. The molecule has 1 amide bonds. The first kappa shape index (κ1) is 13.7. The van der Waals surface area contributed by atoms with Gasteiger partial charge >= 0.3 is 0 Å². The summed E-state index contributed by atoms with van der Waals surface area (Å²) < 4.78 is 0. The summed E-state index contributed by atoms with van der Waals surface area (Å²) in [6.07, 6.45) is 1.43. The van der Waals surface area contributed by atoms with Crippen molar-refractivity contribution in [3.63, 3.8) is 0 Å². The number of carbonyl (C=O) groups excluding carboxylic acids is 1. The van der Waals surface area contributed by atoms with Crippen LogP contribution in [-0.2, 0) is 4.79 Å². The van der Waals surface area contributed by atoms with Crippen LogP contribution in [0.1, 0.15) is 36.8 Å². The molecule has 0 spiro atoms. The molecule has 0 radical (unpaired) electrons. The highest BCUT2D eigenvalue weighted by atomic mass is 16.1. The Morgan fingerprint density at radius 1 is 1.35 bits per heavy atom. The van der Waals surface area contributed by atoms with Gasteiger partial charge in [-0.3, -0.25) is 4.79 Å². The highest BCUT2D eigenvalue weighted by Crippen LogP contribution is 2.18. The van der Waals surface area contributed by atoms with Gasteiger partial charge in [0.15, 0.2) is 0 Å². The summed E-state index contributed by atoms with van der Waals surface area (Å²) >= 11 is 0. The van der Waals surface area contributed by atoms with E-state index in [2.05, 4.69) is 36.5 Å². The van der Waals surface area contributed by atoms with Crippen molar-refractivity contribution in [2.45, 2.75) is 32.6 Å². The van der Waals surface area contributed by atoms with Gasteiger partial charge in [-0.2, -0.15) is 0 Å². The number of hydrogen-bond acceptors (Lipinski definition) is 2. The number of benzene rings is 1. The predicted octanol–water partition coefficient (Wildman–Crippen LogP) is 1.95. The first-order valence-corrected chi connectivity index (χ1v) is 6.20. The molecule has 0 bridgehead atoms. The largest absolute Gasteiger partial charge is 0.356 e. The van der Waals surface area contributed by atoms with E-state index >= 15 is 0 Å². The second-order valence-electron chi connectivity index (χ2n) is 4.40. The lowest BCUT2D eigenvalue weighted by Gasteiger charge is -2.15. The second kappa shape index (κ2) is 7.07. The van der Waals surface area contributed by atoms with Gasteiger partial charge in [0.2, 0.25) is 5.91 Å². The Kier molecular flexibility index (Phi) is 5.70. The van der Waals surface area contributed by atoms with Crippen LogP contribution in [0.3, 0.4) is 0 Å². The molecule has 1 atom stereocenters. The van der Waals surface area contributed by atoms with E-state index in [1.807, 2.05) is 6.92 Å². The summed E-state index contributed by atoms with van der Waals surface area (Å²) in [7, 11) is 0. The quantitative estimate of drug-likeness (QED) is 0.790. The SMILES string of the molecule is CCCNC(=O)CC(CN)c1ccc(C)cc1. The highest BCUT2D eigenvalue weighted by molar-refractivity contribution is 5.76. The average Bonchev–Trinajstić information content (AvgIpc) is 2.34. The van der Waals surface area contributed by atoms with Gasteiger partial charge in [-0.25, -0.2) is 0 Å². The second-order valence-corrected chi connectivity index (χ2v) is 4.40. The molecular formula is C14H22N2O. The molecule has 1 aromatic rings. The molecule has 1 rings (SSSR count). The zero-order chi connectivity index (χ0) is 12.7. The molecular weight excluding hydrogens is 212 g/mol. The molecule has 1 unspecified atom stereocenters. The lowest BCUT2D eigenvalue weighted by Crippen LogP contribution is -2.27. The Balaban J connectivity index is 2.59. The molecule has 0 saturated carbocycles. The van der Waals surface area contributed by atoms with Gasteiger partial charge in [0.25, 0.3) is 0 Å². The number of hydrogen-bond donors (Lipinski definition) is 2. The first-order chi connectivity index (χ1) is 8.17. The van der Waals surface area contributed by atoms with Crippen LogP contribution in [0.5, 0.6) is 0 Å². The van der Waals surface area contributed by atoms with Crippen LogP contribution in [0.4, 0.5) is 0 Å². The number of aryl methyl sites for hydroxylation is 1. The summed E-state index contributed by atoms with van der Waals surface area (Å²) in [5.41, 5.74) is 8.11. The van der Waals surface area contributed by atoms with Crippen molar-refractivity contribution in [2.75, 3.05) is 13.1 Å². The summed E-state index contributed by atoms with van der Waals surface area (Å²) in [6, 6.07) is 8.23. The minimum Gasteiger partial charge on any atom is -0.356 e. The van der Waals surface area contributed by atoms with Crippen molar-refractivity contribution in [1.82, 2.24) is 5.32 Å². The number of rotatable bonds is 6. The molecule has 0 aliphatic rings. The minimum absolute atomic E-state index is 0.0860. The molecule has 3 nitrogen and oxygen atoms in total. The van der Waals surface area contributed by atoms with Gasteiger partial charge < -0.3 is 11.1 Å². The van der Waals surface area contributed by atoms with E-state index in [-0.39, 0.29) is 11.8 Å². The maximum atomic E-state index is 11.6. The van der Waals surface area contributed by atoms with Crippen LogP contribution in [-0.4, -0.2) is 19.0 Å². The molecule has 0 heterocycles. The van der Waals surface area contributed by atoms with Gasteiger partial charge in [0.05, 0.1) is 0 Å². The maximum absolute atomic E-state index is 11.6. The van der Waals surface area contributed by atoms with Crippen LogP contribution in [0.15, 0.2) is 24.3 Å². The van der Waals surface area contributed by atoms with E-state index in [9.17, 15) is 4.79 Å². The lowest BCUT2D eigenvalue weighted by molar-refractivity contribution is -0.121. The fourth-order valence-electron chi connectivity index (χ4n) is 1.74. The Labute approximate surface area is 103 Å². The van der Waals surface area contributed by atoms with E-state index in [1.165, 1.54) is 5.56 Å². The smallest absolute Gasteiger partial charge is 0.220 e. The van der Waals surface area contributed by atoms with Gasteiger partial charge in [-0.15, -0.1) is 0 Å². The standard InChI is InChI=1S/C14H22N2O/c1-3-8-16-14(17)9-13(10-15)12-6-4-11(2)5-7-12/h4-7,13H,3,8-10,15H2,1-2H3,(H,16,17). The number of nitrogens with two attached hydrogens (primary N) is 1. The van der Waals surface area contributed by atoms with Crippen molar-refractivity contribution < 1.29 is 4.79 Å². The molecule has 0 aliphatic carbocycles. The third kappa shape index (κ3) is 4.57. The molecule has 3 N–H and O–H groups in total. The minimum atomic E-state index is 0.0860. The van der Waals surface area contributed by atoms with Crippen LogP contribution in [0.2, 0.25) is 0 Å². The van der Waals surface area contributed by atoms with E-state index in [1.54, 1.807) is 0 Å². The summed E-state index contributed by atoms with van der Waals surface area (Å²) in [5.74, 6) is 0.204. The number of nitrogens with one attached hydrogen (secondary N) is 1. The lowest BCUT2D eigenvalue weighted by atomic mass is 9.95. The number of amides is 1. The van der Waals surface area contributed by atoms with Crippen LogP contribution in [0.25, 0.3) is 0 Å². The van der Waals surface area contributed by atoms with Gasteiger partial charge in [-0.1, -0.05) is 36.8 Å². The molecule has 1 aromatic carbocycles. The van der Waals surface area contributed by atoms with Gasteiger partial charge in [0, 0.05) is 18.9 Å². The molecule has 0 saturated heterocycles. The molecule has 0 aromatic heterocycles. The van der Waals surface area contributed by atoms with Gasteiger partial charge in [0.1, 0.15) is 0 Å². The molecule has 94 valence electrons. The zero-order valence-corrected chi connectivity index (χ0v) is 10.7. The van der Waals surface area contributed by atoms with Crippen molar-refractivity contribution in [3.05, 3.63) is 35.4 Å². The van der Waals surface area contributed by atoms with Crippen molar-refractivity contribution >= 4 is 5.91 Å². The van der Waals surface area contributed by atoms with E-state index in [0.29, 0.717) is 13.0 Å². The van der Waals surface area contributed by atoms with E-state index < -0.39 is 0 Å². The third-order valence-corrected chi connectivity index (χ3v) is 2.84. The third-order valence-electron chi connectivity index (χ3n) is 2.84. The van der Waals surface area contributed by atoms with Crippen LogP contribution in [0, 0.1) is 6.92 Å². The molecule has 0 fully saturated rings. The van der Waals surface area contributed by atoms with Crippen molar-refractivity contribution in [3.8, 4) is 0 Å². The van der Waals surface area contributed by atoms with Crippen molar-refractivity contribution in [2.24, 2.45) is 5.73 Å². The van der Waals surface area contributed by atoms with Crippen LogP contribution >= 0.6 is 0 Å². The maximum Gasteiger partial charge on any atom is 0.220 e. The fraction of sp³-hybridized carbons (Fsp3) is 0.500. The zero-order valence-electron chi connectivity index (χ0n) is 10.7. The Hall–Kier alpha value is -1.35. The van der Waals surface area contributed by atoms with E-state index in [0.717, 1.165) is 18.5 Å². The number of carbonyl (C=O) groups is 1. The summed E-state index contributed by atoms with van der Waals surface area (Å²) in [6.45, 7) is 5.34. The predicted molar refractivity (Wildman–Crippen MR) is 70.9 cm³/mol. The Bertz CT molecular complexity index is 346. The summed E-state index contributed by atoms with van der Waals surface area (Å²) in [5, 5.41) is 2.88. The van der Waals surface area contributed by atoms with E-state index in [4.69, 9.17) is 5.73 Å². The Morgan fingerprint density at radius 2 is 2.00 bits per heavy atom. The van der Waals surface area contributed by atoms with Crippen LogP contribution < -0.4 is 11.1 Å². The normalized spacial score (nSPS) is 12.2. The average molecular weight is 234 g/mol. The monoisotopic (exact) mass is 234 g/mol. The first-order valence-electron chi connectivity index (χ1n) is 6.20. The van der Waals surface area contributed by atoms with Crippen molar-refractivity contribution in [1.29, 1.82) is 0 Å². The fourth-order valence-corrected chi connectivity index (χ4v) is 1.74. The van der Waals surface area contributed by atoms with Gasteiger partial charge in [-0.05, 0) is 25.5 Å². The Morgan fingerprint density at radius 3 is 2.53 bits per heavy atom. The summed E-state index contributed by atoms with van der Waals surface area (Å²) in [4.78, 5) is 11.6. The highest BCUT2D eigenvalue weighted by Gasteiger charge is 2.13.